The maximum Gasteiger partial charge on any atom is 0.343 e. The predicted molar refractivity (Wildman–Crippen MR) is 79.7 cm³/mol. The molecule has 0 N–H and O–H groups in total. The van der Waals surface area contributed by atoms with Crippen LogP contribution in [0.1, 0.15) is 39.7 Å². The first kappa shape index (κ1) is 14.3. The monoisotopic (exact) mass is 318 g/mol. The molecule has 2 aliphatic carbocycles. The lowest BCUT2D eigenvalue weighted by molar-refractivity contribution is 0.0563. The largest absolute Gasteiger partial charge is 0.491 e. The Balaban J connectivity index is 1.99. The summed E-state index contributed by atoms with van der Waals surface area (Å²) in [6.45, 7) is 0. The fourth-order valence-corrected chi connectivity index (χ4v) is 4.29. The zero-order chi connectivity index (χ0) is 16.5. The normalized spacial score (nSPS) is 30.4. The standard InChI is InChI=1S/C16H18N2O5/c1-17-10-5-7-4-8(7)11(10)18-6-9(16(21)23-3)13(19)14(22-2)12(18)15(17)20/h6-8,10-11H,4-5H2,1-3H3/t7-,8-,10-,11+/m1/s1. The summed E-state index contributed by atoms with van der Waals surface area (Å²) in [7, 11) is 4.34. The van der Waals surface area contributed by atoms with Gasteiger partial charge in [0.25, 0.3) is 5.91 Å². The Labute approximate surface area is 132 Å². The van der Waals surface area contributed by atoms with Crippen LogP contribution in [0.4, 0.5) is 0 Å². The van der Waals surface area contributed by atoms with Crippen LogP contribution < -0.4 is 10.2 Å². The summed E-state index contributed by atoms with van der Waals surface area (Å²) in [5, 5.41) is 0. The average molecular weight is 318 g/mol. The lowest BCUT2D eigenvalue weighted by Gasteiger charge is -2.40. The van der Waals surface area contributed by atoms with Crippen LogP contribution in [-0.4, -0.2) is 48.7 Å². The third-order valence-corrected chi connectivity index (χ3v) is 5.50. The average Bonchev–Trinajstić information content (AvgIpc) is 3.22. The molecule has 1 aliphatic heterocycles. The lowest BCUT2D eigenvalue weighted by atomic mass is 9.99. The Kier molecular flexibility index (Phi) is 2.86. The molecule has 0 saturated heterocycles. The summed E-state index contributed by atoms with van der Waals surface area (Å²) in [6.07, 6.45) is 3.58. The summed E-state index contributed by atoms with van der Waals surface area (Å²) < 4.78 is 11.7. The summed E-state index contributed by atoms with van der Waals surface area (Å²) in [6, 6.07) is 0.201. The van der Waals surface area contributed by atoms with Gasteiger partial charge in [-0.3, -0.25) is 9.59 Å². The topological polar surface area (TPSA) is 77.8 Å². The zero-order valence-electron chi connectivity index (χ0n) is 13.2. The molecule has 1 aromatic rings. The van der Waals surface area contributed by atoms with Gasteiger partial charge in [0.15, 0.2) is 11.4 Å². The number of methoxy groups -OCH3 is 2. The fourth-order valence-electron chi connectivity index (χ4n) is 4.29. The van der Waals surface area contributed by atoms with Crippen molar-refractivity contribution in [1.29, 1.82) is 0 Å². The molecule has 2 heterocycles. The van der Waals surface area contributed by atoms with E-state index in [2.05, 4.69) is 0 Å². The maximum absolute atomic E-state index is 12.7. The second kappa shape index (κ2) is 4.59. The van der Waals surface area contributed by atoms with Gasteiger partial charge < -0.3 is 18.9 Å². The molecule has 1 amide bonds. The molecule has 4 atom stereocenters. The molecule has 0 unspecified atom stereocenters. The highest BCUT2D eigenvalue weighted by molar-refractivity contribution is 5.98. The Hall–Kier alpha value is -2.31. The van der Waals surface area contributed by atoms with Gasteiger partial charge in [0.05, 0.1) is 26.3 Å². The van der Waals surface area contributed by atoms with Crippen molar-refractivity contribution >= 4 is 11.9 Å². The van der Waals surface area contributed by atoms with E-state index in [9.17, 15) is 14.4 Å². The van der Waals surface area contributed by atoms with Gasteiger partial charge in [-0.1, -0.05) is 0 Å². The van der Waals surface area contributed by atoms with Gasteiger partial charge in [-0.2, -0.15) is 0 Å². The minimum absolute atomic E-state index is 0.0766. The minimum Gasteiger partial charge on any atom is -0.491 e. The summed E-state index contributed by atoms with van der Waals surface area (Å²) in [4.78, 5) is 38.9. The van der Waals surface area contributed by atoms with Crippen molar-refractivity contribution in [3.8, 4) is 5.75 Å². The molecule has 3 aliphatic rings. The van der Waals surface area contributed by atoms with Crippen LogP contribution in [0.25, 0.3) is 0 Å². The number of rotatable bonds is 2. The van der Waals surface area contributed by atoms with Crippen molar-refractivity contribution in [3.05, 3.63) is 27.7 Å². The number of carbonyl (C=O) groups excluding carboxylic acids is 2. The number of fused-ring (bicyclic) bond motifs is 5. The third kappa shape index (κ3) is 1.73. The number of likely N-dealkylation sites (N-methyl/N-ethyl adjacent to an activating group) is 1. The Morgan fingerprint density at radius 1 is 1.26 bits per heavy atom. The van der Waals surface area contributed by atoms with Crippen molar-refractivity contribution in [3.63, 3.8) is 0 Å². The van der Waals surface area contributed by atoms with E-state index in [0.29, 0.717) is 11.8 Å². The fraction of sp³-hybridized carbons (Fsp3) is 0.562. The van der Waals surface area contributed by atoms with Gasteiger partial charge in [0.2, 0.25) is 5.43 Å². The van der Waals surface area contributed by atoms with Gasteiger partial charge in [0.1, 0.15) is 5.56 Å². The highest BCUT2D eigenvalue weighted by Crippen LogP contribution is 2.60. The van der Waals surface area contributed by atoms with E-state index < -0.39 is 11.4 Å². The van der Waals surface area contributed by atoms with Crippen molar-refractivity contribution in [2.75, 3.05) is 21.3 Å². The van der Waals surface area contributed by atoms with Crippen molar-refractivity contribution < 1.29 is 19.1 Å². The van der Waals surface area contributed by atoms with Crippen LogP contribution in [0.15, 0.2) is 11.0 Å². The third-order valence-electron chi connectivity index (χ3n) is 5.50. The Morgan fingerprint density at radius 3 is 2.65 bits per heavy atom. The van der Waals surface area contributed by atoms with Crippen LogP contribution in [-0.2, 0) is 4.74 Å². The van der Waals surface area contributed by atoms with Gasteiger partial charge in [0, 0.05) is 13.2 Å². The van der Waals surface area contributed by atoms with Crippen LogP contribution >= 0.6 is 0 Å². The number of carbonyl (C=O) groups is 2. The van der Waals surface area contributed by atoms with E-state index in [4.69, 9.17) is 9.47 Å². The van der Waals surface area contributed by atoms with E-state index in [1.165, 1.54) is 20.4 Å². The minimum atomic E-state index is -0.711. The summed E-state index contributed by atoms with van der Waals surface area (Å²) in [5.74, 6) is 0.0901. The molecule has 2 saturated carbocycles. The van der Waals surface area contributed by atoms with E-state index in [0.717, 1.165) is 12.8 Å². The smallest absolute Gasteiger partial charge is 0.343 e. The van der Waals surface area contributed by atoms with Gasteiger partial charge in [-0.15, -0.1) is 0 Å². The quantitative estimate of drug-likeness (QED) is 0.749. The summed E-state index contributed by atoms with van der Waals surface area (Å²) in [5.41, 5.74) is -0.453. The molecule has 4 rings (SSSR count). The number of esters is 1. The SMILES string of the molecule is COC(=O)c1cn2c(c(OC)c1=O)C(=O)N(C)[C@@H]1C[C@H]3C[C@H]3[C@@H]12. The number of aromatic nitrogens is 1. The molecule has 0 radical (unpaired) electrons. The predicted octanol–water partition coefficient (Wildman–Crippen LogP) is 0.679. The highest BCUT2D eigenvalue weighted by atomic mass is 16.5. The van der Waals surface area contributed by atoms with E-state index in [1.807, 2.05) is 0 Å². The molecule has 7 heteroatoms. The van der Waals surface area contributed by atoms with Gasteiger partial charge >= 0.3 is 5.97 Å². The first-order valence-corrected chi connectivity index (χ1v) is 7.68. The van der Waals surface area contributed by atoms with E-state index in [-0.39, 0.29) is 35.0 Å². The first-order chi connectivity index (χ1) is 11.0. The van der Waals surface area contributed by atoms with Crippen LogP contribution in [0, 0.1) is 11.8 Å². The molecule has 122 valence electrons. The molecule has 1 aromatic heterocycles. The second-order valence-corrected chi connectivity index (χ2v) is 6.52. The highest BCUT2D eigenvalue weighted by Gasteiger charge is 2.58. The maximum atomic E-state index is 12.7. The van der Waals surface area contributed by atoms with Crippen LogP contribution in [0.5, 0.6) is 5.75 Å². The van der Waals surface area contributed by atoms with E-state index >= 15 is 0 Å². The number of hydrogen-bond acceptors (Lipinski definition) is 5. The molecular formula is C16H18N2O5. The molecule has 7 nitrogen and oxygen atoms in total. The van der Waals surface area contributed by atoms with Gasteiger partial charge in [-0.25, -0.2) is 4.79 Å². The van der Waals surface area contributed by atoms with Crippen molar-refractivity contribution in [2.45, 2.75) is 24.9 Å². The second-order valence-electron chi connectivity index (χ2n) is 6.52. The molecule has 0 aromatic carbocycles. The summed E-state index contributed by atoms with van der Waals surface area (Å²) >= 11 is 0. The number of nitrogens with zero attached hydrogens (tertiary/aromatic N) is 2. The lowest BCUT2D eigenvalue weighted by Crippen LogP contribution is -2.49. The van der Waals surface area contributed by atoms with Crippen molar-refractivity contribution in [1.82, 2.24) is 9.47 Å². The zero-order valence-corrected chi connectivity index (χ0v) is 13.2. The molecule has 2 fully saturated rings. The van der Waals surface area contributed by atoms with Crippen LogP contribution in [0.3, 0.4) is 0 Å². The molecule has 23 heavy (non-hydrogen) atoms. The number of pyridine rings is 1. The van der Waals surface area contributed by atoms with Crippen molar-refractivity contribution in [2.24, 2.45) is 11.8 Å². The number of amides is 1. The van der Waals surface area contributed by atoms with Gasteiger partial charge in [-0.05, 0) is 24.7 Å². The number of ether oxygens (including phenoxy) is 2. The van der Waals surface area contributed by atoms with Crippen LogP contribution in [0.2, 0.25) is 0 Å². The Bertz CT molecular complexity index is 783. The molecular weight excluding hydrogens is 300 g/mol. The number of hydrogen-bond donors (Lipinski definition) is 0. The van der Waals surface area contributed by atoms with E-state index in [1.54, 1.807) is 16.5 Å². The first-order valence-electron chi connectivity index (χ1n) is 7.68. The molecule has 0 bridgehead atoms. The molecule has 0 spiro atoms. The Morgan fingerprint density at radius 2 is 2.00 bits per heavy atom.